The Bertz CT molecular complexity index is 690. The Balaban J connectivity index is 1.42. The van der Waals surface area contributed by atoms with Crippen LogP contribution >= 0.6 is 0 Å². The number of rotatable bonds is 11. The molecule has 28 heavy (non-hydrogen) atoms. The van der Waals surface area contributed by atoms with Crippen LogP contribution in [0.5, 0.6) is 11.5 Å². The molecule has 3 N–H and O–H groups in total. The fraction of sp³-hybridized carbons (Fsp3) is 0.550. The minimum Gasteiger partial charge on any atom is -0.493 e. The number of benzene rings is 1. The van der Waals surface area contributed by atoms with E-state index in [1.807, 2.05) is 30.6 Å². The Morgan fingerprint density at radius 3 is 2.89 bits per heavy atom. The molecule has 1 aliphatic heterocycles. The van der Waals surface area contributed by atoms with E-state index in [1.54, 1.807) is 7.11 Å². The van der Waals surface area contributed by atoms with Gasteiger partial charge in [-0.3, -0.25) is 10.00 Å². The Morgan fingerprint density at radius 2 is 2.14 bits per heavy atom. The third kappa shape index (κ3) is 6.49. The van der Waals surface area contributed by atoms with Crippen molar-refractivity contribution in [2.24, 2.45) is 0 Å². The number of aliphatic hydroxyl groups is 1. The van der Waals surface area contributed by atoms with Crippen molar-refractivity contribution in [1.29, 1.82) is 0 Å². The maximum atomic E-state index is 10.2. The molecule has 1 fully saturated rings. The average Bonchev–Trinajstić information content (AvgIpc) is 3.24. The van der Waals surface area contributed by atoms with Gasteiger partial charge in [-0.05, 0) is 36.2 Å². The predicted molar refractivity (Wildman–Crippen MR) is 106 cm³/mol. The standard InChI is InChI=1S/C20H30N4O4/c1-26-20-10-16(11-21-5-4-17-12-22-23-13-17)2-3-19(20)28-15-18(25)14-24-6-8-27-9-7-24/h2-3,10,12-13,18,21,25H,4-9,11,14-15H2,1H3,(H,22,23)/t18-/m1/s1. The first-order valence-corrected chi connectivity index (χ1v) is 9.71. The molecule has 3 rings (SSSR count). The molecule has 2 aromatic rings. The van der Waals surface area contributed by atoms with Crippen LogP contribution in [0.15, 0.2) is 30.6 Å². The highest BCUT2D eigenvalue weighted by molar-refractivity contribution is 5.43. The number of morpholine rings is 1. The summed E-state index contributed by atoms with van der Waals surface area (Å²) in [6.45, 7) is 5.58. The normalized spacial score (nSPS) is 16.1. The number of H-pyrrole nitrogens is 1. The highest BCUT2D eigenvalue weighted by Gasteiger charge is 2.16. The van der Waals surface area contributed by atoms with E-state index in [-0.39, 0.29) is 6.61 Å². The molecule has 8 nitrogen and oxygen atoms in total. The van der Waals surface area contributed by atoms with Crippen LogP contribution < -0.4 is 14.8 Å². The third-order valence-electron chi connectivity index (χ3n) is 4.71. The molecular formula is C20H30N4O4. The molecule has 1 aliphatic rings. The number of hydrogen-bond donors (Lipinski definition) is 3. The van der Waals surface area contributed by atoms with Crippen LogP contribution in [0, 0.1) is 0 Å². The zero-order chi connectivity index (χ0) is 19.6. The fourth-order valence-corrected chi connectivity index (χ4v) is 3.14. The zero-order valence-electron chi connectivity index (χ0n) is 16.4. The Labute approximate surface area is 165 Å². The van der Waals surface area contributed by atoms with Gasteiger partial charge in [-0.15, -0.1) is 0 Å². The molecule has 0 unspecified atom stereocenters. The summed E-state index contributed by atoms with van der Waals surface area (Å²) in [4.78, 5) is 2.19. The number of β-amino-alcohol motifs (C(OH)–C–C–N with tert-alkyl or cyclic N) is 1. The van der Waals surface area contributed by atoms with Gasteiger partial charge in [0.1, 0.15) is 12.7 Å². The summed E-state index contributed by atoms with van der Waals surface area (Å²) < 4.78 is 16.6. The van der Waals surface area contributed by atoms with E-state index in [2.05, 4.69) is 20.4 Å². The molecule has 154 valence electrons. The molecule has 2 heterocycles. The van der Waals surface area contributed by atoms with Gasteiger partial charge in [-0.1, -0.05) is 6.07 Å². The van der Waals surface area contributed by atoms with Crippen LogP contribution in [0.2, 0.25) is 0 Å². The van der Waals surface area contributed by atoms with E-state index in [0.717, 1.165) is 51.4 Å². The number of ether oxygens (including phenoxy) is 3. The lowest BCUT2D eigenvalue weighted by Gasteiger charge is -2.28. The predicted octanol–water partition coefficient (Wildman–Crippen LogP) is 0.823. The number of aromatic nitrogens is 2. The smallest absolute Gasteiger partial charge is 0.161 e. The van der Waals surface area contributed by atoms with Gasteiger partial charge in [0.05, 0.1) is 26.5 Å². The van der Waals surface area contributed by atoms with E-state index in [4.69, 9.17) is 14.2 Å². The van der Waals surface area contributed by atoms with Gasteiger partial charge in [0.2, 0.25) is 0 Å². The summed E-state index contributed by atoms with van der Waals surface area (Å²) in [5.41, 5.74) is 2.30. The van der Waals surface area contributed by atoms with E-state index in [1.165, 1.54) is 5.56 Å². The molecule has 0 radical (unpaired) electrons. The SMILES string of the molecule is COc1cc(CNCCc2cn[nH]c2)ccc1OC[C@H](O)CN1CCOCC1. The fourth-order valence-electron chi connectivity index (χ4n) is 3.14. The van der Waals surface area contributed by atoms with Crippen LogP contribution in [0.25, 0.3) is 0 Å². The molecule has 0 amide bonds. The highest BCUT2D eigenvalue weighted by atomic mass is 16.5. The van der Waals surface area contributed by atoms with Crippen molar-refractivity contribution >= 4 is 0 Å². The van der Waals surface area contributed by atoms with E-state index in [9.17, 15) is 5.11 Å². The molecule has 1 atom stereocenters. The topological polar surface area (TPSA) is 91.9 Å². The van der Waals surface area contributed by atoms with Crippen molar-refractivity contribution in [3.8, 4) is 11.5 Å². The molecule has 1 saturated heterocycles. The molecule has 0 aliphatic carbocycles. The summed E-state index contributed by atoms with van der Waals surface area (Å²) in [5.74, 6) is 1.32. The number of nitrogens with zero attached hydrogens (tertiary/aromatic N) is 2. The van der Waals surface area contributed by atoms with Crippen LogP contribution in [0.1, 0.15) is 11.1 Å². The van der Waals surface area contributed by atoms with Crippen LogP contribution in [-0.4, -0.2) is 79.4 Å². The number of hydrogen-bond acceptors (Lipinski definition) is 7. The number of aromatic amines is 1. The van der Waals surface area contributed by atoms with Gasteiger partial charge in [-0.25, -0.2) is 0 Å². The van der Waals surface area contributed by atoms with Gasteiger partial charge >= 0.3 is 0 Å². The molecule has 0 saturated carbocycles. The van der Waals surface area contributed by atoms with Crippen molar-refractivity contribution < 1.29 is 19.3 Å². The van der Waals surface area contributed by atoms with Crippen LogP contribution in [0.3, 0.4) is 0 Å². The number of aliphatic hydroxyl groups excluding tert-OH is 1. The zero-order valence-corrected chi connectivity index (χ0v) is 16.4. The third-order valence-corrected chi connectivity index (χ3v) is 4.71. The van der Waals surface area contributed by atoms with Crippen molar-refractivity contribution in [2.45, 2.75) is 19.1 Å². The average molecular weight is 390 g/mol. The van der Waals surface area contributed by atoms with E-state index >= 15 is 0 Å². The summed E-state index contributed by atoms with van der Waals surface area (Å²) >= 11 is 0. The summed E-state index contributed by atoms with van der Waals surface area (Å²) in [5, 5.41) is 20.4. The second-order valence-electron chi connectivity index (χ2n) is 6.90. The molecule has 8 heteroatoms. The Kier molecular flexibility index (Phi) is 8.10. The van der Waals surface area contributed by atoms with Crippen LogP contribution in [-0.2, 0) is 17.7 Å². The summed E-state index contributed by atoms with van der Waals surface area (Å²) in [7, 11) is 1.63. The maximum absolute atomic E-state index is 10.2. The van der Waals surface area contributed by atoms with Crippen molar-refractivity contribution in [1.82, 2.24) is 20.4 Å². The lowest BCUT2D eigenvalue weighted by molar-refractivity contribution is 0.00445. The Morgan fingerprint density at radius 1 is 1.29 bits per heavy atom. The molecule has 1 aromatic carbocycles. The van der Waals surface area contributed by atoms with Gasteiger partial charge < -0.3 is 24.6 Å². The molecule has 1 aromatic heterocycles. The van der Waals surface area contributed by atoms with Crippen molar-refractivity contribution in [3.63, 3.8) is 0 Å². The highest BCUT2D eigenvalue weighted by Crippen LogP contribution is 2.28. The molecular weight excluding hydrogens is 360 g/mol. The molecule has 0 bridgehead atoms. The first kappa shape index (κ1) is 20.6. The second-order valence-corrected chi connectivity index (χ2v) is 6.90. The number of methoxy groups -OCH3 is 1. The van der Waals surface area contributed by atoms with Crippen molar-refractivity contribution in [2.75, 3.05) is 53.1 Å². The minimum atomic E-state index is -0.549. The first-order chi connectivity index (χ1) is 13.7. The van der Waals surface area contributed by atoms with Crippen molar-refractivity contribution in [3.05, 3.63) is 41.7 Å². The lowest BCUT2D eigenvalue weighted by Crippen LogP contribution is -2.42. The summed E-state index contributed by atoms with van der Waals surface area (Å²) in [6.07, 6.45) is 4.12. The molecule has 0 spiro atoms. The first-order valence-electron chi connectivity index (χ1n) is 9.71. The second kappa shape index (κ2) is 11.0. The van der Waals surface area contributed by atoms with Crippen LogP contribution in [0.4, 0.5) is 0 Å². The van der Waals surface area contributed by atoms with Gasteiger partial charge in [0.15, 0.2) is 11.5 Å². The van der Waals surface area contributed by atoms with Gasteiger partial charge in [0.25, 0.3) is 0 Å². The minimum absolute atomic E-state index is 0.232. The van der Waals surface area contributed by atoms with E-state index in [0.29, 0.717) is 18.0 Å². The Hall–Kier alpha value is -2.13. The number of nitrogens with one attached hydrogen (secondary N) is 2. The van der Waals surface area contributed by atoms with E-state index < -0.39 is 6.10 Å². The monoisotopic (exact) mass is 390 g/mol. The van der Waals surface area contributed by atoms with Gasteiger partial charge in [0, 0.05) is 32.4 Å². The lowest BCUT2D eigenvalue weighted by atomic mass is 10.2. The largest absolute Gasteiger partial charge is 0.493 e. The quantitative estimate of drug-likeness (QED) is 0.489. The maximum Gasteiger partial charge on any atom is 0.161 e. The summed E-state index contributed by atoms with van der Waals surface area (Å²) in [6, 6.07) is 5.87. The van der Waals surface area contributed by atoms with Gasteiger partial charge in [-0.2, -0.15) is 5.10 Å².